The van der Waals surface area contributed by atoms with Crippen LogP contribution in [0.4, 0.5) is 9.18 Å². The van der Waals surface area contributed by atoms with Gasteiger partial charge in [0.15, 0.2) is 0 Å². The van der Waals surface area contributed by atoms with E-state index in [1.54, 1.807) is 21.8 Å². The summed E-state index contributed by atoms with van der Waals surface area (Å²) >= 11 is 0. The number of hydrogen-bond donors (Lipinski definition) is 0. The van der Waals surface area contributed by atoms with Crippen LogP contribution in [0.1, 0.15) is 43.2 Å². The van der Waals surface area contributed by atoms with E-state index >= 15 is 0 Å². The number of fused-ring (bicyclic) bond motifs is 1. The lowest BCUT2D eigenvalue weighted by molar-refractivity contribution is 0.0222. The van der Waals surface area contributed by atoms with Crippen LogP contribution in [-0.2, 0) is 24.2 Å². The molecule has 0 aliphatic carbocycles. The first-order chi connectivity index (χ1) is 13.2. The van der Waals surface area contributed by atoms with Crippen molar-refractivity contribution in [1.29, 1.82) is 5.26 Å². The Morgan fingerprint density at radius 1 is 1.39 bits per heavy atom. The van der Waals surface area contributed by atoms with E-state index in [0.29, 0.717) is 31.6 Å². The molecule has 0 fully saturated rings. The number of halogens is 1. The van der Waals surface area contributed by atoms with Gasteiger partial charge in [0.25, 0.3) is 0 Å². The minimum atomic E-state index is -0.617. The van der Waals surface area contributed by atoms with Gasteiger partial charge in [0, 0.05) is 24.2 Å². The first-order valence-corrected chi connectivity index (χ1v) is 9.00. The molecule has 7 nitrogen and oxygen atoms in total. The van der Waals surface area contributed by atoms with Crippen LogP contribution in [0.3, 0.4) is 0 Å². The van der Waals surface area contributed by atoms with Crippen molar-refractivity contribution in [2.24, 2.45) is 0 Å². The van der Waals surface area contributed by atoms with Crippen molar-refractivity contribution >= 4 is 6.09 Å². The molecule has 1 aromatic carbocycles. The van der Waals surface area contributed by atoms with E-state index in [2.05, 4.69) is 5.10 Å². The molecule has 8 heteroatoms. The molecule has 0 spiro atoms. The number of hydrogen-bond acceptors (Lipinski definition) is 5. The Balaban J connectivity index is 1.78. The number of carbonyl (C=O) groups excluding carboxylic acids is 1. The molecule has 1 aliphatic heterocycles. The molecule has 1 aliphatic rings. The maximum Gasteiger partial charge on any atom is 0.410 e. The summed E-state index contributed by atoms with van der Waals surface area (Å²) < 4.78 is 26.5. The number of carbonyl (C=O) groups is 1. The standard InChI is InChI=1S/C20H23FN4O3/c1-20(2,3)28-19(26)24-6-5-17-14(12-24)10-23-25(17)11-13-7-16(21)15(9-22)18(8-13)27-4/h7-8,10H,5-6,11-12H2,1-4H3. The Hall–Kier alpha value is -3.08. The van der Waals surface area contributed by atoms with Crippen LogP contribution in [0.5, 0.6) is 5.75 Å². The Morgan fingerprint density at radius 2 is 2.14 bits per heavy atom. The van der Waals surface area contributed by atoms with Crippen molar-refractivity contribution < 1.29 is 18.7 Å². The van der Waals surface area contributed by atoms with E-state index in [-0.39, 0.29) is 17.4 Å². The second kappa shape index (κ2) is 7.50. The van der Waals surface area contributed by atoms with Gasteiger partial charge in [0.05, 0.1) is 26.4 Å². The molecule has 0 bridgehead atoms. The van der Waals surface area contributed by atoms with Gasteiger partial charge in [-0.3, -0.25) is 4.68 Å². The molecule has 0 saturated carbocycles. The summed E-state index contributed by atoms with van der Waals surface area (Å²) in [6.45, 7) is 6.81. The fourth-order valence-corrected chi connectivity index (χ4v) is 3.18. The highest BCUT2D eigenvalue weighted by atomic mass is 19.1. The van der Waals surface area contributed by atoms with Crippen LogP contribution < -0.4 is 4.74 Å². The van der Waals surface area contributed by atoms with Gasteiger partial charge in [-0.15, -0.1) is 0 Å². The third-order valence-corrected chi connectivity index (χ3v) is 4.44. The average Bonchev–Trinajstić information content (AvgIpc) is 3.02. The Morgan fingerprint density at radius 3 is 2.79 bits per heavy atom. The van der Waals surface area contributed by atoms with Crippen molar-refractivity contribution in [2.45, 2.75) is 45.9 Å². The smallest absolute Gasteiger partial charge is 0.410 e. The number of aromatic nitrogens is 2. The molecule has 1 aromatic heterocycles. The molecule has 28 heavy (non-hydrogen) atoms. The lowest BCUT2D eigenvalue weighted by Gasteiger charge is -2.30. The number of amides is 1. The maximum atomic E-state index is 14.2. The molecular weight excluding hydrogens is 363 g/mol. The van der Waals surface area contributed by atoms with Gasteiger partial charge in [-0.2, -0.15) is 10.4 Å². The lowest BCUT2D eigenvalue weighted by Crippen LogP contribution is -2.40. The summed E-state index contributed by atoms with van der Waals surface area (Å²) in [5.41, 5.74) is 1.94. The predicted octanol–water partition coefficient (Wildman–Crippen LogP) is 3.24. The third-order valence-electron chi connectivity index (χ3n) is 4.44. The molecular formula is C20H23FN4O3. The number of nitriles is 1. The van der Waals surface area contributed by atoms with E-state index in [9.17, 15) is 9.18 Å². The highest BCUT2D eigenvalue weighted by Gasteiger charge is 2.27. The third kappa shape index (κ3) is 4.09. The molecule has 3 rings (SSSR count). The molecule has 0 atom stereocenters. The zero-order chi connectivity index (χ0) is 20.5. The molecule has 0 N–H and O–H groups in total. The molecule has 2 aromatic rings. The van der Waals surface area contributed by atoms with Crippen LogP contribution in [-0.4, -0.2) is 40.0 Å². The number of nitrogens with zero attached hydrogens (tertiary/aromatic N) is 4. The predicted molar refractivity (Wildman–Crippen MR) is 99.3 cm³/mol. The maximum absolute atomic E-state index is 14.2. The second-order valence-electron chi connectivity index (χ2n) is 7.69. The Bertz CT molecular complexity index is 940. The first-order valence-electron chi connectivity index (χ1n) is 9.00. The molecule has 148 valence electrons. The topological polar surface area (TPSA) is 80.4 Å². The van der Waals surface area contributed by atoms with Crippen molar-refractivity contribution in [2.75, 3.05) is 13.7 Å². The van der Waals surface area contributed by atoms with Gasteiger partial charge in [-0.25, -0.2) is 9.18 Å². The van der Waals surface area contributed by atoms with E-state index in [1.807, 2.05) is 26.8 Å². The Kier molecular flexibility index (Phi) is 5.27. The van der Waals surface area contributed by atoms with Gasteiger partial charge in [0.2, 0.25) is 0 Å². The minimum absolute atomic E-state index is 0.109. The highest BCUT2D eigenvalue weighted by Crippen LogP contribution is 2.25. The van der Waals surface area contributed by atoms with Crippen LogP contribution in [0.15, 0.2) is 18.3 Å². The normalized spacial score (nSPS) is 13.6. The number of rotatable bonds is 3. The van der Waals surface area contributed by atoms with Crippen LogP contribution in [0, 0.1) is 17.1 Å². The largest absolute Gasteiger partial charge is 0.495 e. The number of benzene rings is 1. The zero-order valence-corrected chi connectivity index (χ0v) is 16.5. The summed E-state index contributed by atoms with van der Waals surface area (Å²) in [5.74, 6) is -0.413. The summed E-state index contributed by atoms with van der Waals surface area (Å²) in [5, 5.41) is 13.4. The van der Waals surface area contributed by atoms with E-state index in [4.69, 9.17) is 14.7 Å². The van der Waals surface area contributed by atoms with Gasteiger partial charge in [-0.1, -0.05) is 0 Å². The fourth-order valence-electron chi connectivity index (χ4n) is 3.18. The monoisotopic (exact) mass is 386 g/mol. The van der Waals surface area contributed by atoms with Gasteiger partial charge < -0.3 is 14.4 Å². The quantitative estimate of drug-likeness (QED) is 0.809. The molecule has 0 unspecified atom stereocenters. The van der Waals surface area contributed by atoms with E-state index in [0.717, 1.165) is 11.3 Å². The minimum Gasteiger partial charge on any atom is -0.495 e. The van der Waals surface area contributed by atoms with Gasteiger partial charge >= 0.3 is 6.09 Å². The van der Waals surface area contributed by atoms with E-state index in [1.165, 1.54) is 13.2 Å². The van der Waals surface area contributed by atoms with E-state index < -0.39 is 11.4 Å². The molecule has 2 heterocycles. The molecule has 1 amide bonds. The molecule has 0 radical (unpaired) electrons. The number of methoxy groups -OCH3 is 1. The Labute approximate surface area is 163 Å². The molecule has 0 saturated heterocycles. The fraction of sp³-hybridized carbons (Fsp3) is 0.450. The SMILES string of the molecule is COc1cc(Cn2ncc3c2CCN(C(=O)OC(C)(C)C)C3)cc(F)c1C#N. The van der Waals surface area contributed by atoms with Gasteiger partial charge in [0.1, 0.15) is 28.8 Å². The average molecular weight is 386 g/mol. The van der Waals surface area contributed by atoms with Crippen molar-refractivity contribution in [3.63, 3.8) is 0 Å². The second-order valence-corrected chi connectivity index (χ2v) is 7.69. The summed E-state index contributed by atoms with van der Waals surface area (Å²) in [7, 11) is 1.40. The highest BCUT2D eigenvalue weighted by molar-refractivity contribution is 5.68. The van der Waals surface area contributed by atoms with Crippen LogP contribution >= 0.6 is 0 Å². The van der Waals surface area contributed by atoms with Crippen molar-refractivity contribution in [1.82, 2.24) is 14.7 Å². The zero-order valence-electron chi connectivity index (χ0n) is 16.5. The van der Waals surface area contributed by atoms with Crippen LogP contribution in [0.2, 0.25) is 0 Å². The van der Waals surface area contributed by atoms with Gasteiger partial charge in [-0.05, 0) is 38.5 Å². The van der Waals surface area contributed by atoms with Crippen molar-refractivity contribution in [3.05, 3.63) is 46.5 Å². The van der Waals surface area contributed by atoms with Crippen LogP contribution in [0.25, 0.3) is 0 Å². The summed E-state index contributed by atoms with van der Waals surface area (Å²) in [4.78, 5) is 13.9. The first kappa shape index (κ1) is 19.7. The summed E-state index contributed by atoms with van der Waals surface area (Å²) in [6.07, 6.45) is 2.01. The number of ether oxygens (including phenoxy) is 2. The van der Waals surface area contributed by atoms with Crippen molar-refractivity contribution in [3.8, 4) is 11.8 Å². The summed E-state index contributed by atoms with van der Waals surface area (Å²) in [6, 6.07) is 4.78. The lowest BCUT2D eigenvalue weighted by atomic mass is 10.1.